The average Bonchev–Trinajstić information content (AvgIpc) is 2.19. The molecule has 2 nitrogen and oxygen atoms in total. The molecular weight excluding hydrogens is 176 g/mol. The predicted octanol–water partition coefficient (Wildman–Crippen LogP) is 2.78. The summed E-state index contributed by atoms with van der Waals surface area (Å²) in [6, 6.07) is 9.61. The molecule has 0 amide bonds. The lowest BCUT2D eigenvalue weighted by Crippen LogP contribution is -1.98. The SMILES string of the molecule is C=C(C)C(=O)O/C=C/c1ccccc1. The van der Waals surface area contributed by atoms with Crippen molar-refractivity contribution < 1.29 is 9.53 Å². The molecule has 0 unspecified atom stereocenters. The second-order valence-corrected chi connectivity index (χ2v) is 2.90. The highest BCUT2D eigenvalue weighted by atomic mass is 16.5. The third-order valence-electron chi connectivity index (χ3n) is 1.58. The van der Waals surface area contributed by atoms with E-state index in [0.29, 0.717) is 5.57 Å². The Balaban J connectivity index is 2.50. The number of rotatable bonds is 3. The molecule has 0 aliphatic heterocycles. The third kappa shape index (κ3) is 3.27. The van der Waals surface area contributed by atoms with E-state index < -0.39 is 5.97 Å². The van der Waals surface area contributed by atoms with Gasteiger partial charge in [-0.3, -0.25) is 0 Å². The Kier molecular flexibility index (Phi) is 3.68. The maximum Gasteiger partial charge on any atom is 0.337 e. The van der Waals surface area contributed by atoms with Crippen molar-refractivity contribution in [3.05, 3.63) is 54.3 Å². The molecule has 0 atom stereocenters. The van der Waals surface area contributed by atoms with E-state index in [4.69, 9.17) is 4.74 Å². The minimum Gasteiger partial charge on any atom is -0.431 e. The smallest absolute Gasteiger partial charge is 0.337 e. The average molecular weight is 188 g/mol. The molecule has 72 valence electrons. The Labute approximate surface area is 83.5 Å². The van der Waals surface area contributed by atoms with E-state index >= 15 is 0 Å². The molecular formula is C12H12O2. The molecule has 0 bridgehead atoms. The summed E-state index contributed by atoms with van der Waals surface area (Å²) in [6.45, 7) is 5.08. The predicted molar refractivity (Wildman–Crippen MR) is 56.4 cm³/mol. The van der Waals surface area contributed by atoms with Gasteiger partial charge in [0.25, 0.3) is 0 Å². The molecule has 0 saturated carbocycles. The molecule has 0 radical (unpaired) electrons. The van der Waals surface area contributed by atoms with Crippen molar-refractivity contribution in [3.8, 4) is 0 Å². The zero-order valence-electron chi connectivity index (χ0n) is 8.07. The lowest BCUT2D eigenvalue weighted by Gasteiger charge is -1.96. The van der Waals surface area contributed by atoms with Crippen molar-refractivity contribution in [2.45, 2.75) is 6.92 Å². The van der Waals surface area contributed by atoms with Gasteiger partial charge in [0.1, 0.15) is 0 Å². The fourth-order valence-electron chi connectivity index (χ4n) is 0.839. The molecule has 0 aromatic heterocycles. The van der Waals surface area contributed by atoms with E-state index in [1.807, 2.05) is 30.3 Å². The van der Waals surface area contributed by atoms with Crippen LogP contribution in [0.15, 0.2) is 48.7 Å². The Morgan fingerprint density at radius 1 is 1.36 bits per heavy atom. The van der Waals surface area contributed by atoms with Gasteiger partial charge in [0.15, 0.2) is 0 Å². The highest BCUT2D eigenvalue weighted by molar-refractivity contribution is 5.87. The van der Waals surface area contributed by atoms with Crippen LogP contribution >= 0.6 is 0 Å². The van der Waals surface area contributed by atoms with Crippen LogP contribution < -0.4 is 0 Å². The number of benzene rings is 1. The lowest BCUT2D eigenvalue weighted by atomic mass is 10.2. The number of hydrogen-bond acceptors (Lipinski definition) is 2. The van der Waals surface area contributed by atoms with Gasteiger partial charge in [-0.15, -0.1) is 0 Å². The summed E-state index contributed by atoms with van der Waals surface area (Å²) >= 11 is 0. The molecule has 0 N–H and O–H groups in total. The molecule has 1 aromatic carbocycles. The van der Waals surface area contributed by atoms with Crippen LogP contribution in [-0.4, -0.2) is 5.97 Å². The number of hydrogen-bond donors (Lipinski definition) is 0. The largest absolute Gasteiger partial charge is 0.431 e. The molecule has 2 heteroatoms. The van der Waals surface area contributed by atoms with E-state index in [1.165, 1.54) is 6.26 Å². The Bertz CT molecular complexity index is 350. The Morgan fingerprint density at radius 3 is 2.57 bits per heavy atom. The van der Waals surface area contributed by atoms with Crippen LogP contribution in [0, 0.1) is 0 Å². The molecule has 0 fully saturated rings. The summed E-state index contributed by atoms with van der Waals surface area (Å²) in [5.74, 6) is -0.405. The van der Waals surface area contributed by atoms with Gasteiger partial charge in [-0.25, -0.2) is 4.79 Å². The molecule has 14 heavy (non-hydrogen) atoms. The van der Waals surface area contributed by atoms with Crippen molar-refractivity contribution in [1.82, 2.24) is 0 Å². The van der Waals surface area contributed by atoms with E-state index in [0.717, 1.165) is 5.56 Å². The number of esters is 1. The molecule has 0 aliphatic carbocycles. The summed E-state index contributed by atoms with van der Waals surface area (Å²) in [4.78, 5) is 11.0. The van der Waals surface area contributed by atoms with Crippen LogP contribution in [0.25, 0.3) is 6.08 Å². The quantitative estimate of drug-likeness (QED) is 0.414. The van der Waals surface area contributed by atoms with Crippen LogP contribution in [0.1, 0.15) is 12.5 Å². The van der Waals surface area contributed by atoms with Gasteiger partial charge in [-0.05, 0) is 18.6 Å². The normalized spacial score (nSPS) is 10.1. The molecule has 0 spiro atoms. The van der Waals surface area contributed by atoms with Gasteiger partial charge < -0.3 is 4.74 Å². The zero-order valence-corrected chi connectivity index (χ0v) is 8.07. The second-order valence-electron chi connectivity index (χ2n) is 2.90. The summed E-state index contributed by atoms with van der Waals surface area (Å²) in [7, 11) is 0. The molecule has 0 heterocycles. The van der Waals surface area contributed by atoms with Gasteiger partial charge in [0, 0.05) is 5.57 Å². The van der Waals surface area contributed by atoms with Crippen molar-refractivity contribution in [1.29, 1.82) is 0 Å². The maximum atomic E-state index is 11.0. The lowest BCUT2D eigenvalue weighted by molar-refractivity contribution is -0.133. The zero-order chi connectivity index (χ0) is 10.4. The molecule has 0 saturated heterocycles. The highest BCUT2D eigenvalue weighted by Crippen LogP contribution is 2.01. The van der Waals surface area contributed by atoms with Crippen LogP contribution in [0.2, 0.25) is 0 Å². The van der Waals surface area contributed by atoms with Gasteiger partial charge in [0.05, 0.1) is 6.26 Å². The van der Waals surface area contributed by atoms with Crippen molar-refractivity contribution in [2.24, 2.45) is 0 Å². The topological polar surface area (TPSA) is 26.3 Å². The van der Waals surface area contributed by atoms with Gasteiger partial charge >= 0.3 is 5.97 Å². The van der Waals surface area contributed by atoms with E-state index in [-0.39, 0.29) is 0 Å². The standard InChI is InChI=1S/C12H12O2/c1-10(2)12(13)14-9-8-11-6-4-3-5-7-11/h3-9H,1H2,2H3/b9-8+. The third-order valence-corrected chi connectivity index (χ3v) is 1.58. The first kappa shape index (κ1) is 10.3. The molecule has 0 aliphatic rings. The summed E-state index contributed by atoms with van der Waals surface area (Å²) in [5.41, 5.74) is 1.38. The van der Waals surface area contributed by atoms with Crippen molar-refractivity contribution in [3.63, 3.8) is 0 Å². The van der Waals surface area contributed by atoms with Crippen LogP contribution in [0.5, 0.6) is 0 Å². The first-order valence-electron chi connectivity index (χ1n) is 4.28. The van der Waals surface area contributed by atoms with Crippen LogP contribution in [0.3, 0.4) is 0 Å². The monoisotopic (exact) mass is 188 g/mol. The van der Waals surface area contributed by atoms with Crippen molar-refractivity contribution >= 4 is 12.0 Å². The van der Waals surface area contributed by atoms with Gasteiger partial charge in [-0.2, -0.15) is 0 Å². The minimum atomic E-state index is -0.405. The number of ether oxygens (including phenoxy) is 1. The summed E-state index contributed by atoms with van der Waals surface area (Å²) in [5, 5.41) is 0. The van der Waals surface area contributed by atoms with Crippen LogP contribution in [-0.2, 0) is 9.53 Å². The number of carbonyl (C=O) groups excluding carboxylic acids is 1. The first-order chi connectivity index (χ1) is 6.70. The number of carbonyl (C=O) groups is 1. The highest BCUT2D eigenvalue weighted by Gasteiger charge is 1.98. The Hall–Kier alpha value is -1.83. The summed E-state index contributed by atoms with van der Waals surface area (Å²) < 4.78 is 4.79. The fraction of sp³-hybridized carbons (Fsp3) is 0.0833. The van der Waals surface area contributed by atoms with Gasteiger partial charge in [0.2, 0.25) is 0 Å². The minimum absolute atomic E-state index is 0.391. The maximum absolute atomic E-state index is 11.0. The molecule has 1 rings (SSSR count). The van der Waals surface area contributed by atoms with E-state index in [1.54, 1.807) is 13.0 Å². The second kappa shape index (κ2) is 5.02. The Morgan fingerprint density at radius 2 is 2.00 bits per heavy atom. The summed E-state index contributed by atoms with van der Waals surface area (Å²) in [6.07, 6.45) is 3.09. The molecule has 1 aromatic rings. The van der Waals surface area contributed by atoms with E-state index in [9.17, 15) is 4.79 Å². The van der Waals surface area contributed by atoms with Gasteiger partial charge in [-0.1, -0.05) is 36.9 Å². The first-order valence-corrected chi connectivity index (χ1v) is 4.28. The van der Waals surface area contributed by atoms with Crippen LogP contribution in [0.4, 0.5) is 0 Å². The van der Waals surface area contributed by atoms with Crippen molar-refractivity contribution in [2.75, 3.05) is 0 Å². The fourth-order valence-corrected chi connectivity index (χ4v) is 0.839. The van der Waals surface area contributed by atoms with E-state index in [2.05, 4.69) is 6.58 Å².